The van der Waals surface area contributed by atoms with Crippen molar-refractivity contribution in [2.75, 3.05) is 5.32 Å². The molecule has 6 heteroatoms. The molecule has 4 aromatic rings. The van der Waals surface area contributed by atoms with Crippen molar-refractivity contribution in [3.63, 3.8) is 0 Å². The van der Waals surface area contributed by atoms with Crippen molar-refractivity contribution < 1.29 is 4.79 Å². The van der Waals surface area contributed by atoms with Crippen molar-refractivity contribution in [1.29, 1.82) is 0 Å². The lowest BCUT2D eigenvalue weighted by atomic mass is 10.2. The summed E-state index contributed by atoms with van der Waals surface area (Å²) in [5, 5.41) is 3.82. The van der Waals surface area contributed by atoms with Gasteiger partial charge in [0.1, 0.15) is 11.2 Å². The molecule has 0 aliphatic carbocycles. The first-order valence-corrected chi connectivity index (χ1v) is 8.04. The van der Waals surface area contributed by atoms with Crippen molar-refractivity contribution in [1.82, 2.24) is 14.0 Å². The second kappa shape index (κ2) is 5.90. The zero-order valence-electron chi connectivity index (χ0n) is 13.6. The Morgan fingerprint density at radius 2 is 2.04 bits per heavy atom. The summed E-state index contributed by atoms with van der Waals surface area (Å²) in [6.45, 7) is 2.96. The van der Waals surface area contributed by atoms with Gasteiger partial charge in [-0.25, -0.2) is 4.98 Å². The number of hydrogen-bond donors (Lipinski definition) is 1. The molecule has 0 saturated heterocycles. The summed E-state index contributed by atoms with van der Waals surface area (Å²) < 4.78 is 3.49. The van der Waals surface area contributed by atoms with Crippen LogP contribution in [0.2, 0.25) is 0 Å². The molecule has 0 unspecified atom stereocenters. The van der Waals surface area contributed by atoms with Crippen LogP contribution in [0.25, 0.3) is 16.6 Å². The minimum Gasteiger partial charge on any atom is -0.348 e. The van der Waals surface area contributed by atoms with Crippen LogP contribution in [-0.2, 0) is 6.54 Å². The first kappa shape index (κ1) is 15.1. The largest absolute Gasteiger partial charge is 0.348 e. The van der Waals surface area contributed by atoms with Crippen molar-refractivity contribution in [3.05, 3.63) is 77.0 Å². The van der Waals surface area contributed by atoms with E-state index in [1.165, 1.54) is 10.6 Å². The summed E-state index contributed by atoms with van der Waals surface area (Å²) >= 11 is 0. The van der Waals surface area contributed by atoms with Crippen molar-refractivity contribution in [3.8, 4) is 0 Å². The Morgan fingerprint density at radius 1 is 1.16 bits per heavy atom. The molecular weight excluding hydrogens is 316 g/mol. The summed E-state index contributed by atoms with van der Waals surface area (Å²) in [4.78, 5) is 29.1. The summed E-state index contributed by atoms with van der Waals surface area (Å²) in [6.07, 6.45) is 4.93. The van der Waals surface area contributed by atoms with Crippen molar-refractivity contribution in [2.24, 2.45) is 0 Å². The maximum atomic E-state index is 12.5. The molecule has 0 radical (unpaired) electrons. The monoisotopic (exact) mass is 332 g/mol. The summed E-state index contributed by atoms with van der Waals surface area (Å²) in [7, 11) is 0. The number of rotatable bonds is 3. The quantitative estimate of drug-likeness (QED) is 0.627. The van der Waals surface area contributed by atoms with E-state index in [9.17, 15) is 9.59 Å². The van der Waals surface area contributed by atoms with E-state index in [-0.39, 0.29) is 11.1 Å². The fourth-order valence-electron chi connectivity index (χ4n) is 2.93. The molecule has 0 spiro atoms. The molecule has 4 rings (SSSR count). The first-order valence-electron chi connectivity index (χ1n) is 8.04. The van der Waals surface area contributed by atoms with Gasteiger partial charge in [0.15, 0.2) is 0 Å². The third kappa shape index (κ3) is 2.57. The van der Waals surface area contributed by atoms with Crippen LogP contribution in [0, 0.1) is 0 Å². The second-order valence-corrected chi connectivity index (χ2v) is 5.74. The fourth-order valence-corrected chi connectivity index (χ4v) is 2.93. The van der Waals surface area contributed by atoms with Gasteiger partial charge in [-0.1, -0.05) is 6.07 Å². The van der Waals surface area contributed by atoms with E-state index in [1.54, 1.807) is 24.4 Å². The van der Waals surface area contributed by atoms with Gasteiger partial charge in [-0.15, -0.1) is 0 Å². The highest BCUT2D eigenvalue weighted by molar-refractivity contribution is 6.04. The van der Waals surface area contributed by atoms with Crippen LogP contribution in [0.5, 0.6) is 0 Å². The standard InChI is InChI=1S/C19H16N4O2/c1-2-22-10-8-13-11-14(6-7-16(13)22)21-18(24)15-12-20-17-5-3-4-9-23(17)19(15)25/h3-12H,2H2,1H3,(H,21,24). The number of aromatic nitrogens is 3. The van der Waals surface area contributed by atoms with Gasteiger partial charge in [-0.2, -0.15) is 0 Å². The number of carbonyl (C=O) groups excluding carboxylic acids is 1. The average molecular weight is 332 g/mol. The minimum absolute atomic E-state index is 0.00919. The number of pyridine rings is 1. The van der Waals surface area contributed by atoms with E-state index >= 15 is 0 Å². The van der Waals surface area contributed by atoms with Gasteiger partial charge >= 0.3 is 0 Å². The average Bonchev–Trinajstić information content (AvgIpc) is 3.04. The van der Waals surface area contributed by atoms with Gasteiger partial charge in [-0.3, -0.25) is 14.0 Å². The van der Waals surface area contributed by atoms with Crippen LogP contribution in [0.3, 0.4) is 0 Å². The zero-order chi connectivity index (χ0) is 17.4. The highest BCUT2D eigenvalue weighted by Gasteiger charge is 2.13. The molecule has 0 aliphatic heterocycles. The topological polar surface area (TPSA) is 68.4 Å². The molecule has 25 heavy (non-hydrogen) atoms. The molecule has 0 bridgehead atoms. The number of fused-ring (bicyclic) bond motifs is 2. The molecule has 1 amide bonds. The molecule has 0 aliphatic rings. The number of aryl methyl sites for hydroxylation is 1. The highest BCUT2D eigenvalue weighted by Crippen LogP contribution is 2.20. The number of hydrogen-bond acceptors (Lipinski definition) is 3. The van der Waals surface area contributed by atoms with E-state index in [0.29, 0.717) is 11.3 Å². The minimum atomic E-state index is -0.468. The van der Waals surface area contributed by atoms with Gasteiger partial charge in [0.2, 0.25) is 0 Å². The van der Waals surface area contributed by atoms with Crippen LogP contribution in [0.1, 0.15) is 17.3 Å². The molecule has 1 aromatic carbocycles. The summed E-state index contributed by atoms with van der Waals surface area (Å²) in [5.41, 5.74) is 1.87. The molecule has 3 aromatic heterocycles. The van der Waals surface area contributed by atoms with Crippen molar-refractivity contribution >= 4 is 28.1 Å². The predicted octanol–water partition coefficient (Wildman–Crippen LogP) is 2.92. The third-order valence-corrected chi connectivity index (χ3v) is 4.23. The van der Waals surface area contributed by atoms with Gasteiger partial charge in [0.25, 0.3) is 11.5 Å². The van der Waals surface area contributed by atoms with Gasteiger partial charge < -0.3 is 9.88 Å². The zero-order valence-corrected chi connectivity index (χ0v) is 13.6. The Balaban J connectivity index is 1.68. The predicted molar refractivity (Wildman–Crippen MR) is 97.0 cm³/mol. The first-order chi connectivity index (χ1) is 12.2. The SMILES string of the molecule is CCn1ccc2cc(NC(=O)c3cnc4ccccn4c3=O)ccc21. The van der Waals surface area contributed by atoms with Gasteiger partial charge in [0, 0.05) is 41.7 Å². The van der Waals surface area contributed by atoms with E-state index < -0.39 is 5.91 Å². The third-order valence-electron chi connectivity index (χ3n) is 4.23. The Morgan fingerprint density at radius 3 is 2.88 bits per heavy atom. The molecule has 3 heterocycles. The highest BCUT2D eigenvalue weighted by atomic mass is 16.2. The van der Waals surface area contributed by atoms with E-state index in [1.807, 2.05) is 30.5 Å². The molecule has 0 saturated carbocycles. The van der Waals surface area contributed by atoms with Crippen LogP contribution in [0.15, 0.2) is 65.8 Å². The number of carbonyl (C=O) groups is 1. The van der Waals surface area contributed by atoms with Gasteiger partial charge in [-0.05, 0) is 43.3 Å². The number of nitrogens with zero attached hydrogens (tertiary/aromatic N) is 3. The Kier molecular flexibility index (Phi) is 3.57. The van der Waals surface area contributed by atoms with E-state index in [4.69, 9.17) is 0 Å². The molecule has 0 fully saturated rings. The lowest BCUT2D eigenvalue weighted by Crippen LogP contribution is -2.26. The Bertz CT molecular complexity index is 1160. The van der Waals surface area contributed by atoms with Crippen LogP contribution >= 0.6 is 0 Å². The molecule has 1 N–H and O–H groups in total. The fraction of sp³-hybridized carbons (Fsp3) is 0.105. The molecular formula is C19H16N4O2. The number of nitrogens with one attached hydrogen (secondary N) is 1. The maximum absolute atomic E-state index is 12.5. The van der Waals surface area contributed by atoms with Crippen LogP contribution in [-0.4, -0.2) is 19.9 Å². The second-order valence-electron chi connectivity index (χ2n) is 5.74. The van der Waals surface area contributed by atoms with Crippen LogP contribution < -0.4 is 10.9 Å². The summed E-state index contributed by atoms with van der Waals surface area (Å²) in [6, 6.07) is 12.9. The van der Waals surface area contributed by atoms with Crippen molar-refractivity contribution in [2.45, 2.75) is 13.5 Å². The molecule has 0 atom stereocenters. The maximum Gasteiger partial charge on any atom is 0.270 e. The Hall–Kier alpha value is -3.41. The van der Waals surface area contributed by atoms with E-state index in [0.717, 1.165) is 17.4 Å². The lowest BCUT2D eigenvalue weighted by molar-refractivity contribution is 0.102. The summed E-state index contributed by atoms with van der Waals surface area (Å²) in [5.74, 6) is -0.468. The number of benzene rings is 1. The van der Waals surface area contributed by atoms with Gasteiger partial charge in [0.05, 0.1) is 0 Å². The number of amides is 1. The Labute approximate surface area is 143 Å². The van der Waals surface area contributed by atoms with E-state index in [2.05, 4.69) is 21.8 Å². The molecule has 6 nitrogen and oxygen atoms in total. The smallest absolute Gasteiger partial charge is 0.270 e. The molecule has 124 valence electrons. The van der Waals surface area contributed by atoms with Crippen LogP contribution in [0.4, 0.5) is 5.69 Å². The number of anilines is 1. The normalized spacial score (nSPS) is 11.1. The lowest BCUT2D eigenvalue weighted by Gasteiger charge is -2.07.